The van der Waals surface area contributed by atoms with Crippen LogP contribution in [-0.2, 0) is 25.8 Å². The Bertz CT molecular complexity index is 1560. The second-order valence-electron chi connectivity index (χ2n) is 8.61. The van der Waals surface area contributed by atoms with Gasteiger partial charge in [-0.05, 0) is 66.3 Å². The standard InChI is InChI=1S/C26H20FN3O3/c27-20-12-21-16(6-8-28-21)9-17(20)13-30-22-11-15-4-1-3-14(15)10-19(22)23(24(30)26(32)33)18-5-2-7-29-25(18)31/h2,5,7-12H,1,3-4,6,13H2,(H,29,31)(H,32,33). The van der Waals surface area contributed by atoms with Crippen molar-refractivity contribution in [3.63, 3.8) is 0 Å². The molecule has 0 bridgehead atoms. The zero-order chi connectivity index (χ0) is 22.7. The molecule has 0 amide bonds. The third-order valence-corrected chi connectivity index (χ3v) is 6.68. The van der Waals surface area contributed by atoms with Crippen LogP contribution in [0, 0.1) is 5.82 Å². The normalized spacial score (nSPS) is 14.1. The minimum Gasteiger partial charge on any atom is -0.477 e. The number of H-pyrrole nitrogens is 1. The van der Waals surface area contributed by atoms with E-state index in [9.17, 15) is 19.1 Å². The Balaban J connectivity index is 1.65. The minimum absolute atomic E-state index is 0.0125. The number of hydrogen-bond donors (Lipinski definition) is 2. The Labute approximate surface area is 188 Å². The van der Waals surface area contributed by atoms with Crippen LogP contribution in [-0.4, -0.2) is 26.8 Å². The number of rotatable bonds is 4. The molecule has 164 valence electrons. The van der Waals surface area contributed by atoms with Crippen molar-refractivity contribution < 1.29 is 14.3 Å². The lowest BCUT2D eigenvalue weighted by atomic mass is 10.00. The molecule has 2 aromatic heterocycles. The number of nitrogens with zero attached hydrogens (tertiary/aromatic N) is 2. The second kappa shape index (κ2) is 7.27. The van der Waals surface area contributed by atoms with E-state index < -0.39 is 11.8 Å². The summed E-state index contributed by atoms with van der Waals surface area (Å²) in [5, 5.41) is 11.0. The number of pyridine rings is 1. The van der Waals surface area contributed by atoms with E-state index >= 15 is 0 Å². The maximum atomic E-state index is 15.0. The van der Waals surface area contributed by atoms with E-state index in [4.69, 9.17) is 0 Å². The number of aliphatic imine (C=N–C) groups is 1. The molecule has 1 aliphatic carbocycles. The third-order valence-electron chi connectivity index (χ3n) is 6.68. The fourth-order valence-electron chi connectivity index (χ4n) is 5.17. The van der Waals surface area contributed by atoms with Gasteiger partial charge in [0.25, 0.3) is 5.56 Å². The molecule has 6 rings (SSSR count). The van der Waals surface area contributed by atoms with Crippen molar-refractivity contribution in [3.8, 4) is 11.1 Å². The molecule has 2 N–H and O–H groups in total. The first-order valence-corrected chi connectivity index (χ1v) is 10.9. The molecule has 33 heavy (non-hydrogen) atoms. The van der Waals surface area contributed by atoms with Crippen LogP contribution >= 0.6 is 0 Å². The number of carboxylic acid groups (broad SMARTS) is 1. The monoisotopic (exact) mass is 441 g/mol. The number of halogens is 1. The number of nitrogens with one attached hydrogen (secondary N) is 1. The predicted octanol–water partition coefficient (Wildman–Crippen LogP) is 4.63. The molecular weight excluding hydrogens is 421 g/mol. The molecule has 0 atom stereocenters. The Morgan fingerprint density at radius 3 is 2.76 bits per heavy atom. The zero-order valence-electron chi connectivity index (χ0n) is 17.7. The molecule has 0 spiro atoms. The van der Waals surface area contributed by atoms with E-state index in [1.54, 1.807) is 29.0 Å². The summed E-state index contributed by atoms with van der Waals surface area (Å²) < 4.78 is 16.6. The number of carbonyl (C=O) groups is 1. The number of carboxylic acids is 1. The van der Waals surface area contributed by atoms with Crippen LogP contribution in [0.15, 0.2) is 52.4 Å². The first-order chi connectivity index (χ1) is 16.0. The van der Waals surface area contributed by atoms with E-state index in [0.717, 1.165) is 24.8 Å². The quantitative estimate of drug-likeness (QED) is 0.484. The van der Waals surface area contributed by atoms with Gasteiger partial charge in [-0.25, -0.2) is 9.18 Å². The van der Waals surface area contributed by atoms with Crippen molar-refractivity contribution in [2.45, 2.75) is 32.2 Å². The van der Waals surface area contributed by atoms with Crippen LogP contribution < -0.4 is 5.56 Å². The lowest BCUT2D eigenvalue weighted by Crippen LogP contribution is -2.14. The van der Waals surface area contributed by atoms with Crippen molar-refractivity contribution in [3.05, 3.63) is 86.7 Å². The highest BCUT2D eigenvalue weighted by atomic mass is 19.1. The Kier molecular flexibility index (Phi) is 4.33. The largest absolute Gasteiger partial charge is 0.477 e. The highest BCUT2D eigenvalue weighted by molar-refractivity contribution is 6.08. The molecule has 3 heterocycles. The number of hydrogen-bond acceptors (Lipinski definition) is 3. The number of aromatic amines is 1. The molecule has 0 radical (unpaired) electrons. The lowest BCUT2D eigenvalue weighted by Gasteiger charge is -2.12. The molecule has 6 nitrogen and oxygen atoms in total. The summed E-state index contributed by atoms with van der Waals surface area (Å²) >= 11 is 0. The first kappa shape index (κ1) is 19.7. The third kappa shape index (κ3) is 3.03. The first-order valence-electron chi connectivity index (χ1n) is 10.9. The number of aromatic carboxylic acids is 1. The molecule has 0 saturated heterocycles. The van der Waals surface area contributed by atoms with Gasteiger partial charge in [-0.3, -0.25) is 9.79 Å². The maximum Gasteiger partial charge on any atom is 0.353 e. The molecule has 4 aromatic rings. The van der Waals surface area contributed by atoms with Crippen LogP contribution in [0.4, 0.5) is 10.1 Å². The molecule has 1 aliphatic heterocycles. The minimum atomic E-state index is -1.16. The molecule has 2 aromatic carbocycles. The van der Waals surface area contributed by atoms with Gasteiger partial charge < -0.3 is 14.7 Å². The van der Waals surface area contributed by atoms with E-state index in [-0.39, 0.29) is 17.8 Å². The molecular formula is C26H20FN3O3. The van der Waals surface area contributed by atoms with Gasteiger partial charge in [0.1, 0.15) is 11.5 Å². The lowest BCUT2D eigenvalue weighted by molar-refractivity contribution is 0.0687. The number of aryl methyl sites for hydroxylation is 2. The van der Waals surface area contributed by atoms with E-state index in [2.05, 4.69) is 9.98 Å². The summed E-state index contributed by atoms with van der Waals surface area (Å²) in [6.07, 6.45) is 6.76. The fraction of sp³-hybridized carbons (Fsp3) is 0.192. The summed E-state index contributed by atoms with van der Waals surface area (Å²) in [4.78, 5) is 32.1. The molecule has 7 heteroatoms. The average molecular weight is 441 g/mol. The SMILES string of the molecule is O=C(O)c1c(-c2ccc[nH]c2=O)c2cc3c(cc2n1Cc1cc2c(cc1F)N=CC2)CCC3. The Hall–Kier alpha value is -4.00. The van der Waals surface area contributed by atoms with E-state index in [1.807, 2.05) is 12.1 Å². The number of benzene rings is 2. The van der Waals surface area contributed by atoms with Crippen LogP contribution in [0.5, 0.6) is 0 Å². The Morgan fingerprint density at radius 1 is 1.15 bits per heavy atom. The second-order valence-corrected chi connectivity index (χ2v) is 8.61. The van der Waals surface area contributed by atoms with E-state index in [1.165, 1.54) is 23.4 Å². The highest BCUT2D eigenvalue weighted by Gasteiger charge is 2.28. The van der Waals surface area contributed by atoms with Crippen molar-refractivity contribution >= 4 is 28.8 Å². The zero-order valence-corrected chi connectivity index (χ0v) is 17.7. The smallest absolute Gasteiger partial charge is 0.353 e. The molecule has 2 aliphatic rings. The van der Waals surface area contributed by atoms with E-state index in [0.29, 0.717) is 39.7 Å². The van der Waals surface area contributed by atoms with Crippen LogP contribution in [0.3, 0.4) is 0 Å². The van der Waals surface area contributed by atoms with Gasteiger partial charge in [-0.15, -0.1) is 0 Å². The average Bonchev–Trinajstić information content (AvgIpc) is 3.50. The summed E-state index contributed by atoms with van der Waals surface area (Å²) in [6.45, 7) is 0.0424. The Morgan fingerprint density at radius 2 is 1.97 bits per heavy atom. The highest BCUT2D eigenvalue weighted by Crippen LogP contribution is 2.38. The summed E-state index contributed by atoms with van der Waals surface area (Å²) in [6, 6.07) is 10.5. The molecule has 0 fully saturated rings. The van der Waals surface area contributed by atoms with Gasteiger partial charge >= 0.3 is 5.97 Å². The van der Waals surface area contributed by atoms with Crippen LogP contribution in [0.25, 0.3) is 22.0 Å². The van der Waals surface area contributed by atoms with Gasteiger partial charge in [-0.1, -0.05) is 0 Å². The van der Waals surface area contributed by atoms with Crippen molar-refractivity contribution in [2.75, 3.05) is 0 Å². The van der Waals surface area contributed by atoms with Crippen molar-refractivity contribution in [2.24, 2.45) is 4.99 Å². The molecule has 0 saturated carbocycles. The number of aromatic nitrogens is 2. The topological polar surface area (TPSA) is 87.5 Å². The van der Waals surface area contributed by atoms with Crippen LogP contribution in [0.1, 0.15) is 39.2 Å². The number of fused-ring (bicyclic) bond motifs is 3. The summed E-state index contributed by atoms with van der Waals surface area (Å²) in [5.74, 6) is -1.58. The maximum absolute atomic E-state index is 15.0. The van der Waals surface area contributed by atoms with Gasteiger partial charge in [-0.2, -0.15) is 0 Å². The van der Waals surface area contributed by atoms with Crippen LogP contribution in [0.2, 0.25) is 0 Å². The van der Waals surface area contributed by atoms with Gasteiger partial charge in [0, 0.05) is 52.5 Å². The van der Waals surface area contributed by atoms with Gasteiger partial charge in [0.2, 0.25) is 0 Å². The molecule has 0 unspecified atom stereocenters. The predicted molar refractivity (Wildman–Crippen MR) is 124 cm³/mol. The van der Waals surface area contributed by atoms with Gasteiger partial charge in [0.15, 0.2) is 0 Å². The van der Waals surface area contributed by atoms with Crippen molar-refractivity contribution in [1.29, 1.82) is 0 Å². The van der Waals surface area contributed by atoms with Crippen molar-refractivity contribution in [1.82, 2.24) is 9.55 Å². The van der Waals surface area contributed by atoms with Gasteiger partial charge in [0.05, 0.1) is 12.2 Å². The fourth-order valence-corrected chi connectivity index (χ4v) is 5.17. The summed E-state index contributed by atoms with van der Waals surface area (Å²) in [7, 11) is 0. The summed E-state index contributed by atoms with van der Waals surface area (Å²) in [5.41, 5.74) is 5.26.